The number of amides is 1. The molecule has 5 heteroatoms. The minimum atomic E-state index is -0.184. The number of hydrogen-bond acceptors (Lipinski definition) is 4. The van der Waals surface area contributed by atoms with Gasteiger partial charge < -0.3 is 14.7 Å². The Morgan fingerprint density at radius 1 is 1.56 bits per heavy atom. The number of hydrogen-bond donors (Lipinski definition) is 1. The van der Waals surface area contributed by atoms with Crippen LogP contribution in [0.3, 0.4) is 0 Å². The summed E-state index contributed by atoms with van der Waals surface area (Å²) in [5.41, 5.74) is 1.75. The maximum absolute atomic E-state index is 12.5. The first-order valence-corrected chi connectivity index (χ1v) is 6.46. The van der Waals surface area contributed by atoms with Gasteiger partial charge in [0, 0.05) is 31.2 Å². The number of rotatable bonds is 2. The quantitative estimate of drug-likeness (QED) is 0.858. The number of carbonyl (C=O) groups is 1. The van der Waals surface area contributed by atoms with Crippen molar-refractivity contribution in [3.05, 3.63) is 17.0 Å². The maximum atomic E-state index is 12.5. The number of aryl methyl sites for hydroxylation is 2. The molecule has 1 fully saturated rings. The smallest absolute Gasteiger partial charge is 0.230 e. The summed E-state index contributed by atoms with van der Waals surface area (Å²) in [6, 6.07) is 0.245. The molecule has 1 N–H and O–H groups in total. The van der Waals surface area contributed by atoms with Gasteiger partial charge in [-0.05, 0) is 27.7 Å². The predicted octanol–water partition coefficient (Wildman–Crippen LogP) is 1.22. The highest BCUT2D eigenvalue weighted by Gasteiger charge is 2.30. The molecule has 0 bridgehead atoms. The zero-order valence-electron chi connectivity index (χ0n) is 11.5. The summed E-state index contributed by atoms with van der Waals surface area (Å²) in [6.45, 7) is 10.3. The second kappa shape index (κ2) is 5.10. The van der Waals surface area contributed by atoms with E-state index >= 15 is 0 Å². The molecule has 0 unspecified atom stereocenters. The third kappa shape index (κ3) is 2.27. The second-order valence-corrected chi connectivity index (χ2v) is 5.04. The minimum absolute atomic E-state index is 0.165. The Morgan fingerprint density at radius 3 is 2.83 bits per heavy atom. The molecule has 2 rings (SSSR count). The monoisotopic (exact) mass is 251 g/mol. The summed E-state index contributed by atoms with van der Waals surface area (Å²) in [4.78, 5) is 14.5. The van der Waals surface area contributed by atoms with Crippen molar-refractivity contribution < 1.29 is 9.32 Å². The molecule has 0 aromatic carbocycles. The number of nitrogens with one attached hydrogen (secondary N) is 1. The molecular weight excluding hydrogens is 230 g/mol. The van der Waals surface area contributed by atoms with E-state index in [-0.39, 0.29) is 17.9 Å². The van der Waals surface area contributed by atoms with Crippen LogP contribution in [-0.4, -0.2) is 41.6 Å². The van der Waals surface area contributed by atoms with Gasteiger partial charge in [0.15, 0.2) is 0 Å². The number of aromatic nitrogens is 1. The van der Waals surface area contributed by atoms with Crippen molar-refractivity contribution in [2.24, 2.45) is 0 Å². The first-order valence-electron chi connectivity index (χ1n) is 6.46. The second-order valence-electron chi connectivity index (χ2n) is 5.04. The summed E-state index contributed by atoms with van der Waals surface area (Å²) >= 11 is 0. The van der Waals surface area contributed by atoms with Crippen molar-refractivity contribution in [3.63, 3.8) is 0 Å². The molecule has 1 aliphatic rings. The maximum Gasteiger partial charge on any atom is 0.230 e. The van der Waals surface area contributed by atoms with Gasteiger partial charge in [-0.2, -0.15) is 0 Å². The Balaban J connectivity index is 2.18. The highest BCUT2D eigenvalue weighted by Crippen LogP contribution is 2.25. The van der Waals surface area contributed by atoms with Crippen molar-refractivity contribution in [1.82, 2.24) is 15.4 Å². The summed E-state index contributed by atoms with van der Waals surface area (Å²) < 4.78 is 5.15. The fourth-order valence-electron chi connectivity index (χ4n) is 2.65. The molecule has 1 aromatic rings. The molecule has 1 aromatic heterocycles. The van der Waals surface area contributed by atoms with Crippen LogP contribution in [0.15, 0.2) is 4.52 Å². The molecule has 18 heavy (non-hydrogen) atoms. The summed E-state index contributed by atoms with van der Waals surface area (Å²) in [7, 11) is 0. The fraction of sp³-hybridized carbons (Fsp3) is 0.692. The SMILES string of the molecule is Cc1noc(C)c1[C@@H](C)C(=O)N1CCNC[C@H]1C. The van der Waals surface area contributed by atoms with Gasteiger partial charge in [-0.25, -0.2) is 0 Å². The van der Waals surface area contributed by atoms with E-state index in [0.717, 1.165) is 36.7 Å². The lowest BCUT2D eigenvalue weighted by atomic mass is 9.97. The van der Waals surface area contributed by atoms with E-state index in [1.54, 1.807) is 0 Å². The molecule has 2 atom stereocenters. The van der Waals surface area contributed by atoms with Gasteiger partial charge in [-0.1, -0.05) is 5.16 Å². The van der Waals surface area contributed by atoms with Crippen molar-refractivity contribution in [1.29, 1.82) is 0 Å². The molecule has 100 valence electrons. The molecule has 1 aliphatic heterocycles. The van der Waals surface area contributed by atoms with Gasteiger partial charge in [0.25, 0.3) is 0 Å². The topological polar surface area (TPSA) is 58.4 Å². The van der Waals surface area contributed by atoms with Crippen LogP contribution >= 0.6 is 0 Å². The van der Waals surface area contributed by atoms with E-state index in [2.05, 4.69) is 17.4 Å². The van der Waals surface area contributed by atoms with Crippen LogP contribution in [0.5, 0.6) is 0 Å². The van der Waals surface area contributed by atoms with Gasteiger partial charge >= 0.3 is 0 Å². The Morgan fingerprint density at radius 2 is 2.28 bits per heavy atom. The molecular formula is C13H21N3O2. The van der Waals surface area contributed by atoms with Crippen molar-refractivity contribution >= 4 is 5.91 Å². The lowest BCUT2D eigenvalue weighted by Crippen LogP contribution is -2.53. The van der Waals surface area contributed by atoms with Gasteiger partial charge in [0.2, 0.25) is 5.91 Å². The molecule has 0 aliphatic carbocycles. The average Bonchev–Trinajstić information content (AvgIpc) is 2.68. The standard InChI is InChI=1S/C13H21N3O2/c1-8-7-14-5-6-16(8)13(17)9(2)12-10(3)15-18-11(12)4/h8-9,14H,5-7H2,1-4H3/t8-,9-/m1/s1. The van der Waals surface area contributed by atoms with Crippen LogP contribution in [0.25, 0.3) is 0 Å². The van der Waals surface area contributed by atoms with Crippen molar-refractivity contribution in [2.45, 2.75) is 39.7 Å². The Hall–Kier alpha value is -1.36. The average molecular weight is 251 g/mol. The third-order valence-corrected chi connectivity index (χ3v) is 3.68. The minimum Gasteiger partial charge on any atom is -0.361 e. The zero-order valence-corrected chi connectivity index (χ0v) is 11.5. The van der Waals surface area contributed by atoms with E-state index in [1.807, 2.05) is 25.7 Å². The van der Waals surface area contributed by atoms with E-state index in [4.69, 9.17) is 4.52 Å². The van der Waals surface area contributed by atoms with Crippen LogP contribution in [-0.2, 0) is 4.79 Å². The first-order chi connectivity index (χ1) is 8.52. The van der Waals surface area contributed by atoms with Crippen molar-refractivity contribution in [2.75, 3.05) is 19.6 Å². The molecule has 5 nitrogen and oxygen atoms in total. The Kier molecular flexibility index (Phi) is 3.71. The van der Waals surface area contributed by atoms with E-state index in [0.29, 0.717) is 0 Å². The highest BCUT2D eigenvalue weighted by molar-refractivity contribution is 5.84. The van der Waals surface area contributed by atoms with Gasteiger partial charge in [0.05, 0.1) is 11.6 Å². The number of carbonyl (C=O) groups excluding carboxylic acids is 1. The van der Waals surface area contributed by atoms with Crippen molar-refractivity contribution in [3.8, 4) is 0 Å². The van der Waals surface area contributed by atoms with Gasteiger partial charge in [-0.3, -0.25) is 4.79 Å². The van der Waals surface area contributed by atoms with Crippen LogP contribution in [0.1, 0.15) is 36.8 Å². The predicted molar refractivity (Wildman–Crippen MR) is 68.4 cm³/mol. The van der Waals surface area contributed by atoms with Crippen LogP contribution in [0, 0.1) is 13.8 Å². The number of nitrogens with zero attached hydrogens (tertiary/aromatic N) is 2. The zero-order chi connectivity index (χ0) is 13.3. The van der Waals surface area contributed by atoms with Crippen LogP contribution in [0.2, 0.25) is 0 Å². The fourth-order valence-corrected chi connectivity index (χ4v) is 2.65. The summed E-state index contributed by atoms with van der Waals surface area (Å²) in [6.07, 6.45) is 0. The van der Waals surface area contributed by atoms with E-state index in [1.165, 1.54) is 0 Å². The first kappa shape index (κ1) is 13.1. The highest BCUT2D eigenvalue weighted by atomic mass is 16.5. The molecule has 1 amide bonds. The lowest BCUT2D eigenvalue weighted by molar-refractivity contribution is -0.135. The van der Waals surface area contributed by atoms with Gasteiger partial charge in [0.1, 0.15) is 5.76 Å². The normalized spacial score (nSPS) is 22.0. The van der Waals surface area contributed by atoms with E-state index < -0.39 is 0 Å². The summed E-state index contributed by atoms with van der Waals surface area (Å²) in [5, 5.41) is 7.22. The van der Waals surface area contributed by atoms with Crippen LogP contribution in [0.4, 0.5) is 0 Å². The molecule has 0 saturated carbocycles. The van der Waals surface area contributed by atoms with Gasteiger partial charge in [-0.15, -0.1) is 0 Å². The largest absolute Gasteiger partial charge is 0.361 e. The summed E-state index contributed by atoms with van der Waals surface area (Å²) in [5.74, 6) is 0.728. The van der Waals surface area contributed by atoms with Crippen LogP contribution < -0.4 is 5.32 Å². The van der Waals surface area contributed by atoms with E-state index in [9.17, 15) is 4.79 Å². The third-order valence-electron chi connectivity index (χ3n) is 3.68. The molecule has 2 heterocycles. The molecule has 0 spiro atoms. The Labute approximate surface area is 108 Å². The lowest BCUT2D eigenvalue weighted by Gasteiger charge is -2.35. The number of piperazine rings is 1. The Bertz CT molecular complexity index is 422. The molecule has 0 radical (unpaired) electrons. The molecule has 1 saturated heterocycles.